The highest BCUT2D eigenvalue weighted by Crippen LogP contribution is 2.38. The highest BCUT2D eigenvalue weighted by Gasteiger charge is 2.31. The van der Waals surface area contributed by atoms with Gasteiger partial charge in [-0.2, -0.15) is 0 Å². The second-order valence-electron chi connectivity index (χ2n) is 6.78. The molecule has 2 aliphatic rings. The average molecular weight is 251 g/mol. The van der Waals surface area contributed by atoms with E-state index in [1.54, 1.807) is 0 Å². The maximum atomic E-state index is 3.69. The van der Waals surface area contributed by atoms with Gasteiger partial charge >= 0.3 is 0 Å². The Bertz CT molecular complexity index is 212. The molecule has 2 aliphatic carbocycles. The van der Waals surface area contributed by atoms with Crippen LogP contribution in [-0.2, 0) is 0 Å². The Balaban J connectivity index is 1.81. The molecule has 0 bridgehead atoms. The van der Waals surface area contributed by atoms with Crippen LogP contribution in [0.4, 0.5) is 0 Å². The van der Waals surface area contributed by atoms with Gasteiger partial charge in [-0.1, -0.05) is 51.9 Å². The van der Waals surface area contributed by atoms with Crippen LogP contribution in [0.25, 0.3) is 0 Å². The van der Waals surface area contributed by atoms with E-state index < -0.39 is 0 Å². The third-order valence-electron chi connectivity index (χ3n) is 5.59. The van der Waals surface area contributed by atoms with Crippen LogP contribution in [0.1, 0.15) is 77.6 Å². The summed E-state index contributed by atoms with van der Waals surface area (Å²) in [7, 11) is 2.21. The summed E-state index contributed by atoms with van der Waals surface area (Å²) in [4.78, 5) is 0. The van der Waals surface area contributed by atoms with E-state index in [9.17, 15) is 0 Å². The van der Waals surface area contributed by atoms with Gasteiger partial charge in [0.2, 0.25) is 0 Å². The largest absolute Gasteiger partial charge is 0.316 e. The van der Waals surface area contributed by atoms with Crippen LogP contribution in [0, 0.1) is 17.8 Å². The molecule has 0 aromatic rings. The Morgan fingerprint density at radius 1 is 0.889 bits per heavy atom. The fourth-order valence-electron chi connectivity index (χ4n) is 4.59. The highest BCUT2D eigenvalue weighted by molar-refractivity contribution is 4.87. The summed E-state index contributed by atoms with van der Waals surface area (Å²) in [5.74, 6) is 3.01. The first-order chi connectivity index (χ1) is 8.85. The normalized spacial score (nSPS) is 32.3. The van der Waals surface area contributed by atoms with E-state index in [4.69, 9.17) is 0 Å². The van der Waals surface area contributed by atoms with Crippen molar-refractivity contribution in [2.24, 2.45) is 17.8 Å². The van der Waals surface area contributed by atoms with E-state index in [1.165, 1.54) is 70.6 Å². The molecule has 0 aromatic carbocycles. The highest BCUT2D eigenvalue weighted by atomic mass is 14.9. The van der Waals surface area contributed by atoms with Crippen LogP contribution in [0.2, 0.25) is 0 Å². The molecule has 18 heavy (non-hydrogen) atoms. The molecule has 1 nitrogen and oxygen atoms in total. The lowest BCUT2D eigenvalue weighted by atomic mass is 9.71. The standard InChI is InChI=1S/C17H33N/c1-3-7-14-10-12-16(13-11-14)17(18-2)15-8-5-4-6-9-15/h14-18H,3-13H2,1-2H3. The van der Waals surface area contributed by atoms with Crippen molar-refractivity contribution < 1.29 is 0 Å². The molecule has 1 unspecified atom stereocenters. The Morgan fingerprint density at radius 2 is 1.50 bits per heavy atom. The van der Waals surface area contributed by atoms with Crippen molar-refractivity contribution in [2.45, 2.75) is 83.6 Å². The Morgan fingerprint density at radius 3 is 2.06 bits per heavy atom. The summed E-state index contributed by atoms with van der Waals surface area (Å²) in [6, 6.07) is 0.827. The summed E-state index contributed by atoms with van der Waals surface area (Å²) in [5, 5.41) is 3.69. The zero-order chi connectivity index (χ0) is 12.8. The minimum Gasteiger partial charge on any atom is -0.316 e. The molecular formula is C17H33N. The second kappa shape index (κ2) is 7.53. The molecule has 2 rings (SSSR count). The van der Waals surface area contributed by atoms with Gasteiger partial charge in [-0.3, -0.25) is 0 Å². The Hall–Kier alpha value is -0.0400. The molecule has 1 N–H and O–H groups in total. The summed E-state index contributed by atoms with van der Waals surface area (Å²) >= 11 is 0. The summed E-state index contributed by atoms with van der Waals surface area (Å²) in [6.07, 6.45) is 16.3. The Labute approximate surface area is 114 Å². The maximum absolute atomic E-state index is 3.69. The van der Waals surface area contributed by atoms with Gasteiger partial charge in [0, 0.05) is 6.04 Å². The Kier molecular flexibility index (Phi) is 6.01. The predicted molar refractivity (Wildman–Crippen MR) is 79.8 cm³/mol. The first-order valence-electron chi connectivity index (χ1n) is 8.52. The van der Waals surface area contributed by atoms with Crippen molar-refractivity contribution >= 4 is 0 Å². The zero-order valence-corrected chi connectivity index (χ0v) is 12.6. The van der Waals surface area contributed by atoms with Crippen LogP contribution in [0.15, 0.2) is 0 Å². The fraction of sp³-hybridized carbons (Fsp3) is 1.00. The molecule has 2 saturated carbocycles. The van der Waals surface area contributed by atoms with E-state index in [0.29, 0.717) is 0 Å². The van der Waals surface area contributed by atoms with Gasteiger partial charge in [0.25, 0.3) is 0 Å². The molecule has 0 aliphatic heterocycles. The van der Waals surface area contributed by atoms with Crippen molar-refractivity contribution in [3.8, 4) is 0 Å². The van der Waals surface area contributed by atoms with Gasteiger partial charge in [0.05, 0.1) is 0 Å². The average Bonchev–Trinajstić information content (AvgIpc) is 2.43. The van der Waals surface area contributed by atoms with Crippen molar-refractivity contribution in [1.29, 1.82) is 0 Å². The van der Waals surface area contributed by atoms with E-state index in [-0.39, 0.29) is 0 Å². The van der Waals surface area contributed by atoms with Gasteiger partial charge < -0.3 is 5.32 Å². The number of nitrogens with one attached hydrogen (secondary N) is 1. The summed E-state index contributed by atoms with van der Waals surface area (Å²) in [5.41, 5.74) is 0. The first-order valence-corrected chi connectivity index (χ1v) is 8.52. The lowest BCUT2D eigenvalue weighted by Gasteiger charge is -2.39. The molecular weight excluding hydrogens is 218 g/mol. The fourth-order valence-corrected chi connectivity index (χ4v) is 4.59. The van der Waals surface area contributed by atoms with Gasteiger partial charge in [-0.15, -0.1) is 0 Å². The van der Waals surface area contributed by atoms with E-state index >= 15 is 0 Å². The predicted octanol–water partition coefficient (Wildman–Crippen LogP) is 4.76. The molecule has 1 heteroatoms. The van der Waals surface area contributed by atoms with Crippen LogP contribution in [-0.4, -0.2) is 13.1 Å². The van der Waals surface area contributed by atoms with Gasteiger partial charge in [-0.25, -0.2) is 0 Å². The van der Waals surface area contributed by atoms with Gasteiger partial charge in [-0.05, 0) is 50.5 Å². The molecule has 106 valence electrons. The smallest absolute Gasteiger partial charge is 0.0121 e. The molecule has 0 aromatic heterocycles. The topological polar surface area (TPSA) is 12.0 Å². The van der Waals surface area contributed by atoms with Crippen LogP contribution in [0.3, 0.4) is 0 Å². The molecule has 0 radical (unpaired) electrons. The van der Waals surface area contributed by atoms with Crippen LogP contribution >= 0.6 is 0 Å². The number of hydrogen-bond acceptors (Lipinski definition) is 1. The monoisotopic (exact) mass is 251 g/mol. The SMILES string of the molecule is CCCC1CCC(C(NC)C2CCCCC2)CC1. The van der Waals surface area contributed by atoms with Crippen molar-refractivity contribution in [3.05, 3.63) is 0 Å². The lowest BCUT2D eigenvalue weighted by molar-refractivity contribution is 0.156. The van der Waals surface area contributed by atoms with E-state index in [0.717, 1.165) is 23.8 Å². The molecule has 1 atom stereocenters. The molecule has 0 heterocycles. The minimum absolute atomic E-state index is 0.827. The van der Waals surface area contributed by atoms with Crippen LogP contribution < -0.4 is 5.32 Å². The van der Waals surface area contributed by atoms with Crippen molar-refractivity contribution in [2.75, 3.05) is 7.05 Å². The van der Waals surface area contributed by atoms with Gasteiger partial charge in [0.1, 0.15) is 0 Å². The third-order valence-corrected chi connectivity index (χ3v) is 5.59. The van der Waals surface area contributed by atoms with E-state index in [1.807, 2.05) is 0 Å². The molecule has 0 saturated heterocycles. The number of hydrogen-bond donors (Lipinski definition) is 1. The summed E-state index contributed by atoms with van der Waals surface area (Å²) < 4.78 is 0. The number of rotatable bonds is 5. The van der Waals surface area contributed by atoms with Crippen molar-refractivity contribution in [1.82, 2.24) is 5.32 Å². The quantitative estimate of drug-likeness (QED) is 0.743. The second-order valence-corrected chi connectivity index (χ2v) is 6.78. The van der Waals surface area contributed by atoms with Crippen LogP contribution in [0.5, 0.6) is 0 Å². The van der Waals surface area contributed by atoms with E-state index in [2.05, 4.69) is 19.3 Å². The minimum atomic E-state index is 0.827. The zero-order valence-electron chi connectivity index (χ0n) is 12.6. The maximum Gasteiger partial charge on any atom is 0.0121 e. The lowest BCUT2D eigenvalue weighted by Crippen LogP contribution is -2.42. The van der Waals surface area contributed by atoms with Gasteiger partial charge in [0.15, 0.2) is 0 Å². The molecule has 0 amide bonds. The first kappa shape index (κ1) is 14.4. The molecule has 0 spiro atoms. The third kappa shape index (κ3) is 3.73. The molecule has 2 fully saturated rings. The summed E-state index contributed by atoms with van der Waals surface area (Å²) in [6.45, 7) is 2.34. The van der Waals surface area contributed by atoms with Crippen molar-refractivity contribution in [3.63, 3.8) is 0 Å².